The van der Waals surface area contributed by atoms with Gasteiger partial charge >= 0.3 is 6.72 Å². The van der Waals surface area contributed by atoms with Crippen molar-refractivity contribution >= 4 is 35.6 Å². The van der Waals surface area contributed by atoms with Gasteiger partial charge in [0.1, 0.15) is 17.2 Å². The Labute approximate surface area is 173 Å². The fourth-order valence-electron chi connectivity index (χ4n) is 2.30. The highest BCUT2D eigenvalue weighted by Gasteiger charge is 2.29. The number of rotatable bonds is 6. The Morgan fingerprint density at radius 2 is 0.828 bits per heavy atom. The Bertz CT molecular complexity index is 1070. The third-order valence-electron chi connectivity index (χ3n) is 3.59. The third-order valence-corrected chi connectivity index (χ3v) is 5.52. The van der Waals surface area contributed by atoms with Crippen molar-refractivity contribution in [2.75, 3.05) is 0 Å². The van der Waals surface area contributed by atoms with E-state index in [0.717, 1.165) is 0 Å². The first-order chi connectivity index (χ1) is 14.1. The van der Waals surface area contributed by atoms with Crippen molar-refractivity contribution in [2.45, 2.75) is 0 Å². The molecule has 0 saturated carbocycles. The molecule has 140 valence electrons. The van der Waals surface area contributed by atoms with Gasteiger partial charge in [0.05, 0.1) is 19.7 Å². The molecule has 0 aromatic heterocycles. The summed E-state index contributed by atoms with van der Waals surface area (Å²) in [7, 11) is 0. The van der Waals surface area contributed by atoms with Crippen LogP contribution >= 0.6 is 6.72 Å². The summed E-state index contributed by atoms with van der Waals surface area (Å²) in [5.74, 6) is 0.601. The predicted octanol–water partition coefficient (Wildman–Crippen LogP) is 7.10. The van der Waals surface area contributed by atoms with Gasteiger partial charge in [-0.2, -0.15) is 0 Å². The second-order valence-corrected chi connectivity index (χ2v) is 8.24. The number of hydrogen-bond acceptors (Lipinski definition) is 4. The van der Waals surface area contributed by atoms with Gasteiger partial charge in [0.15, 0.2) is 0 Å². The molecule has 3 aromatic carbocycles. The molecule has 6 nitrogen and oxygen atoms in total. The first kappa shape index (κ1) is 19.9. The van der Waals surface area contributed by atoms with Crippen LogP contribution in [0.3, 0.4) is 0 Å². The van der Waals surface area contributed by atoms with Gasteiger partial charge in [-0.25, -0.2) is 14.5 Å². The summed E-state index contributed by atoms with van der Waals surface area (Å²) in [4.78, 5) is 10.3. The van der Waals surface area contributed by atoms with Crippen LogP contribution in [0.2, 0.25) is 0 Å². The van der Waals surface area contributed by atoms with Crippen molar-refractivity contribution in [3.05, 3.63) is 107 Å². The molecule has 29 heavy (non-hydrogen) atoms. The zero-order valence-electron chi connectivity index (χ0n) is 14.9. The first-order valence-corrected chi connectivity index (χ1v) is 10.7. The maximum Gasteiger partial charge on any atom is 0.486 e. The topological polar surface area (TPSA) is 40.8 Å². The minimum Gasteiger partial charge on any atom is -0.419 e. The number of para-hydroxylation sites is 6. The SMILES string of the molecule is [C-]#[N+]c1ccccc1OP(=S)(Oc1ccccc1[N+]#[C-])Oc1ccccc1[N+]#[C-]. The quantitative estimate of drug-likeness (QED) is 0.317. The van der Waals surface area contributed by atoms with Gasteiger partial charge in [0.2, 0.25) is 17.1 Å². The van der Waals surface area contributed by atoms with Crippen LogP contribution in [-0.4, -0.2) is 0 Å². The molecule has 0 N–H and O–H groups in total. The second-order valence-electron chi connectivity index (χ2n) is 5.46. The van der Waals surface area contributed by atoms with E-state index >= 15 is 0 Å². The summed E-state index contributed by atoms with van der Waals surface area (Å²) in [5, 5.41) is 0. The van der Waals surface area contributed by atoms with E-state index in [1.165, 1.54) is 0 Å². The third kappa shape index (κ3) is 4.72. The highest BCUT2D eigenvalue weighted by atomic mass is 32.5. The lowest BCUT2D eigenvalue weighted by molar-refractivity contribution is 0.386. The van der Waals surface area contributed by atoms with Crippen molar-refractivity contribution in [1.29, 1.82) is 0 Å². The molecule has 0 heterocycles. The smallest absolute Gasteiger partial charge is 0.419 e. The Balaban J connectivity index is 2.05. The molecule has 3 aromatic rings. The van der Waals surface area contributed by atoms with Crippen molar-refractivity contribution in [3.63, 3.8) is 0 Å². The van der Waals surface area contributed by atoms with Crippen molar-refractivity contribution in [3.8, 4) is 17.2 Å². The van der Waals surface area contributed by atoms with Gasteiger partial charge in [-0.05, 0) is 18.2 Å². The fraction of sp³-hybridized carbons (Fsp3) is 0. The normalized spacial score (nSPS) is 10.1. The van der Waals surface area contributed by atoms with Gasteiger partial charge < -0.3 is 13.6 Å². The van der Waals surface area contributed by atoms with Gasteiger partial charge in [0, 0.05) is 11.8 Å². The molecule has 0 amide bonds. The molecular weight excluding hydrogens is 405 g/mol. The molecule has 0 spiro atoms. The Morgan fingerprint density at radius 3 is 1.10 bits per heavy atom. The minimum absolute atomic E-state index is 0.200. The van der Waals surface area contributed by atoms with Crippen LogP contribution in [-0.2, 0) is 11.8 Å². The van der Waals surface area contributed by atoms with Crippen molar-refractivity contribution in [1.82, 2.24) is 0 Å². The predicted molar refractivity (Wildman–Crippen MR) is 114 cm³/mol. The lowest BCUT2D eigenvalue weighted by Gasteiger charge is -2.25. The standard InChI is InChI=1S/C21H12N3O3PS/c1-22-16-10-4-7-13-19(16)25-28(29,26-20-14-8-5-11-17(20)23-2)27-21-15-9-6-12-18(21)24-3/h4-15H. The lowest BCUT2D eigenvalue weighted by atomic mass is 10.3. The summed E-state index contributed by atoms with van der Waals surface area (Å²) in [6.07, 6.45) is 0. The molecule has 0 atom stereocenters. The summed E-state index contributed by atoms with van der Waals surface area (Å²) < 4.78 is 17.7. The molecule has 0 bridgehead atoms. The van der Waals surface area contributed by atoms with E-state index in [9.17, 15) is 0 Å². The van der Waals surface area contributed by atoms with E-state index in [1.807, 2.05) is 0 Å². The molecular formula is C21H12N3O3PS. The van der Waals surface area contributed by atoms with Gasteiger partial charge in [-0.15, -0.1) is 0 Å². The number of nitrogens with zero attached hydrogens (tertiary/aromatic N) is 3. The molecule has 3 rings (SSSR count). The van der Waals surface area contributed by atoms with Crippen LogP contribution in [0, 0.1) is 19.7 Å². The summed E-state index contributed by atoms with van der Waals surface area (Å²) in [6, 6.07) is 19.7. The zero-order chi connectivity index (χ0) is 20.7. The van der Waals surface area contributed by atoms with Crippen LogP contribution in [0.15, 0.2) is 72.8 Å². The van der Waals surface area contributed by atoms with E-state index in [2.05, 4.69) is 14.5 Å². The number of benzene rings is 3. The molecule has 0 radical (unpaired) electrons. The average Bonchev–Trinajstić information content (AvgIpc) is 2.74. The molecule has 0 saturated heterocycles. The summed E-state index contributed by atoms with van der Waals surface area (Å²) >= 11 is 5.61. The fourth-order valence-corrected chi connectivity index (χ4v) is 4.32. The highest BCUT2D eigenvalue weighted by molar-refractivity contribution is 8.08. The molecule has 0 unspecified atom stereocenters. The summed E-state index contributed by atoms with van der Waals surface area (Å²) in [6.45, 7) is 18.4. The van der Waals surface area contributed by atoms with Crippen LogP contribution in [0.4, 0.5) is 17.1 Å². The molecule has 0 aliphatic carbocycles. The maximum absolute atomic E-state index is 7.32. The van der Waals surface area contributed by atoms with E-state index in [0.29, 0.717) is 0 Å². The van der Waals surface area contributed by atoms with E-state index in [4.69, 9.17) is 45.1 Å². The number of hydrogen-bond donors (Lipinski definition) is 0. The van der Waals surface area contributed by atoms with E-state index in [-0.39, 0.29) is 34.3 Å². The Hall–Kier alpha value is -3.82. The zero-order valence-corrected chi connectivity index (χ0v) is 16.6. The Morgan fingerprint density at radius 1 is 0.552 bits per heavy atom. The Kier molecular flexibility index (Phi) is 6.12. The molecule has 8 heteroatoms. The lowest BCUT2D eigenvalue weighted by Crippen LogP contribution is -2.07. The van der Waals surface area contributed by atoms with Crippen LogP contribution in [0.5, 0.6) is 17.2 Å². The minimum atomic E-state index is -3.60. The van der Waals surface area contributed by atoms with Crippen molar-refractivity contribution < 1.29 is 13.6 Å². The molecule has 0 aliphatic heterocycles. The van der Waals surface area contributed by atoms with Crippen molar-refractivity contribution in [2.24, 2.45) is 0 Å². The molecule has 0 aliphatic rings. The summed E-state index contributed by atoms with van der Waals surface area (Å²) in [5.41, 5.74) is 0.725. The van der Waals surface area contributed by atoms with Crippen LogP contribution in [0.25, 0.3) is 14.5 Å². The maximum atomic E-state index is 7.32. The van der Waals surface area contributed by atoms with Crippen LogP contribution < -0.4 is 13.6 Å². The van der Waals surface area contributed by atoms with Gasteiger partial charge in [-0.3, -0.25) is 0 Å². The molecule has 0 fully saturated rings. The largest absolute Gasteiger partial charge is 0.486 e. The first-order valence-electron chi connectivity index (χ1n) is 8.17. The second kappa shape index (κ2) is 8.91. The average molecular weight is 417 g/mol. The van der Waals surface area contributed by atoms with E-state index in [1.54, 1.807) is 72.8 Å². The van der Waals surface area contributed by atoms with Gasteiger partial charge in [0.25, 0.3) is 0 Å². The monoisotopic (exact) mass is 417 g/mol. The van der Waals surface area contributed by atoms with Crippen LogP contribution in [0.1, 0.15) is 0 Å². The van der Waals surface area contributed by atoms with E-state index < -0.39 is 6.72 Å². The van der Waals surface area contributed by atoms with Gasteiger partial charge in [-0.1, -0.05) is 54.6 Å². The highest BCUT2D eigenvalue weighted by Crippen LogP contribution is 2.54.